The van der Waals surface area contributed by atoms with Crippen LogP contribution >= 0.6 is 0 Å². The molecule has 0 bridgehead atoms. The van der Waals surface area contributed by atoms with Crippen LogP contribution in [0.4, 0.5) is 0 Å². The Bertz CT molecular complexity index is 615. The summed E-state index contributed by atoms with van der Waals surface area (Å²) in [5, 5.41) is 0. The van der Waals surface area contributed by atoms with E-state index in [1.165, 1.54) is 7.11 Å². The number of rotatable bonds is 5. The Balaban J connectivity index is 2.15. The van der Waals surface area contributed by atoms with Crippen LogP contribution in [0, 0.1) is 0 Å². The van der Waals surface area contributed by atoms with Crippen molar-refractivity contribution in [3.63, 3.8) is 0 Å². The minimum atomic E-state index is -0.752. The molecule has 0 amide bonds. The zero-order valence-electron chi connectivity index (χ0n) is 12.7. The van der Waals surface area contributed by atoms with Gasteiger partial charge in [-0.15, -0.1) is 0 Å². The van der Waals surface area contributed by atoms with Gasteiger partial charge in [0.05, 0.1) is 12.9 Å². The van der Waals surface area contributed by atoms with Crippen LogP contribution in [0.1, 0.15) is 25.3 Å². The first-order chi connectivity index (χ1) is 10.5. The van der Waals surface area contributed by atoms with Crippen molar-refractivity contribution in [2.75, 3.05) is 7.11 Å². The van der Waals surface area contributed by atoms with Crippen molar-refractivity contribution in [2.45, 2.75) is 26.1 Å². The average molecular weight is 302 g/mol. The highest BCUT2D eigenvalue weighted by molar-refractivity contribution is 5.90. The van der Waals surface area contributed by atoms with Gasteiger partial charge in [0.2, 0.25) is 0 Å². The Morgan fingerprint density at radius 1 is 1.32 bits per heavy atom. The zero-order valence-corrected chi connectivity index (χ0v) is 12.7. The quantitative estimate of drug-likeness (QED) is 0.618. The van der Waals surface area contributed by atoms with Gasteiger partial charge in [-0.05, 0) is 25.5 Å². The molecule has 1 aliphatic rings. The predicted molar refractivity (Wildman–Crippen MR) is 79.7 cm³/mol. The second-order valence-corrected chi connectivity index (χ2v) is 4.93. The van der Waals surface area contributed by atoms with Gasteiger partial charge in [-0.2, -0.15) is 0 Å². The summed E-state index contributed by atoms with van der Waals surface area (Å²) >= 11 is 0. The van der Waals surface area contributed by atoms with Gasteiger partial charge in [0.25, 0.3) is 6.29 Å². The maximum atomic E-state index is 12.0. The van der Waals surface area contributed by atoms with Crippen molar-refractivity contribution < 1.29 is 23.8 Å². The van der Waals surface area contributed by atoms with Crippen molar-refractivity contribution >= 4 is 11.9 Å². The van der Waals surface area contributed by atoms with Crippen LogP contribution in [0.3, 0.4) is 0 Å². The molecule has 1 aromatic rings. The number of carbonyl (C=O) groups is 2. The summed E-state index contributed by atoms with van der Waals surface area (Å²) in [6.45, 7) is 3.36. The third-order valence-electron chi connectivity index (χ3n) is 3.25. The zero-order chi connectivity index (χ0) is 16.1. The first-order valence-corrected chi connectivity index (χ1v) is 6.88. The van der Waals surface area contributed by atoms with E-state index in [2.05, 4.69) is 0 Å². The molecule has 0 radical (unpaired) electrons. The molecule has 116 valence electrons. The highest BCUT2D eigenvalue weighted by Gasteiger charge is 2.25. The van der Waals surface area contributed by atoms with Gasteiger partial charge in [-0.3, -0.25) is 4.79 Å². The smallest absolute Gasteiger partial charge is 0.336 e. The number of hydrogen-bond donors (Lipinski definition) is 0. The van der Waals surface area contributed by atoms with Crippen LogP contribution in [0.15, 0.2) is 53.8 Å². The lowest BCUT2D eigenvalue weighted by Gasteiger charge is -2.15. The third-order valence-corrected chi connectivity index (χ3v) is 3.25. The van der Waals surface area contributed by atoms with E-state index >= 15 is 0 Å². The monoisotopic (exact) mass is 302 g/mol. The van der Waals surface area contributed by atoms with Gasteiger partial charge < -0.3 is 14.2 Å². The molecule has 5 nitrogen and oxygen atoms in total. The van der Waals surface area contributed by atoms with Crippen molar-refractivity contribution in [3.8, 4) is 0 Å². The van der Waals surface area contributed by atoms with Crippen molar-refractivity contribution in [3.05, 3.63) is 59.4 Å². The number of esters is 2. The van der Waals surface area contributed by atoms with E-state index in [-0.39, 0.29) is 5.97 Å². The lowest BCUT2D eigenvalue weighted by molar-refractivity contribution is -0.153. The maximum absolute atomic E-state index is 12.0. The number of methoxy groups -OCH3 is 1. The topological polar surface area (TPSA) is 61.8 Å². The fourth-order valence-corrected chi connectivity index (χ4v) is 2.11. The summed E-state index contributed by atoms with van der Waals surface area (Å²) in [7, 11) is 1.34. The Labute approximate surface area is 129 Å². The summed E-state index contributed by atoms with van der Waals surface area (Å²) < 4.78 is 15.4. The van der Waals surface area contributed by atoms with Crippen LogP contribution < -0.4 is 0 Å². The van der Waals surface area contributed by atoms with Gasteiger partial charge in [0.15, 0.2) is 0 Å². The molecule has 5 heteroatoms. The van der Waals surface area contributed by atoms with Crippen molar-refractivity contribution in [1.29, 1.82) is 0 Å². The standard InChI is InChI=1S/C17H18O5/c1-11-9-15(22-16(11)18)21-12(2)10-14(17(19)20-3)13-7-5-4-6-8-13/h4-10,14-15H,1-3H3/b12-10-. The summed E-state index contributed by atoms with van der Waals surface area (Å²) in [5.74, 6) is -0.883. The van der Waals surface area contributed by atoms with Gasteiger partial charge in [0, 0.05) is 11.6 Å². The van der Waals surface area contributed by atoms with E-state index in [4.69, 9.17) is 14.2 Å². The number of cyclic esters (lactones) is 1. The lowest BCUT2D eigenvalue weighted by Crippen LogP contribution is -2.15. The molecule has 0 spiro atoms. The number of allylic oxidation sites excluding steroid dienone is 1. The minimum Gasteiger partial charge on any atom is -0.468 e. The van der Waals surface area contributed by atoms with Crippen molar-refractivity contribution in [2.24, 2.45) is 0 Å². The number of ether oxygens (including phenoxy) is 3. The van der Waals surface area contributed by atoms with E-state index in [1.54, 1.807) is 26.0 Å². The van der Waals surface area contributed by atoms with Gasteiger partial charge in [-0.1, -0.05) is 30.3 Å². The molecule has 0 fully saturated rings. The fourth-order valence-electron chi connectivity index (χ4n) is 2.11. The molecule has 0 aliphatic carbocycles. The fraction of sp³-hybridized carbons (Fsp3) is 0.294. The van der Waals surface area contributed by atoms with Gasteiger partial charge >= 0.3 is 11.9 Å². The highest BCUT2D eigenvalue weighted by atomic mass is 16.7. The molecular weight excluding hydrogens is 284 g/mol. The molecule has 2 rings (SSSR count). The maximum Gasteiger partial charge on any atom is 0.336 e. The highest BCUT2D eigenvalue weighted by Crippen LogP contribution is 2.23. The second kappa shape index (κ2) is 6.93. The van der Waals surface area contributed by atoms with E-state index in [1.807, 2.05) is 30.3 Å². The van der Waals surface area contributed by atoms with E-state index in [0.717, 1.165) is 5.56 Å². The average Bonchev–Trinajstić information content (AvgIpc) is 2.82. The number of hydrogen-bond acceptors (Lipinski definition) is 5. The Morgan fingerprint density at radius 3 is 2.55 bits per heavy atom. The Kier molecular flexibility index (Phi) is 4.99. The summed E-state index contributed by atoms with van der Waals surface area (Å²) in [6, 6.07) is 9.24. The molecule has 2 unspecified atom stereocenters. The molecule has 1 aromatic carbocycles. The summed E-state index contributed by atoms with van der Waals surface area (Å²) in [5.41, 5.74) is 1.30. The SMILES string of the molecule is COC(=O)C(/C=C(/C)OC1C=C(C)C(=O)O1)c1ccccc1. The molecular formula is C17H18O5. The summed E-state index contributed by atoms with van der Waals surface area (Å²) in [6.07, 6.45) is 2.49. The molecule has 0 N–H and O–H groups in total. The molecule has 22 heavy (non-hydrogen) atoms. The predicted octanol–water partition coefficient (Wildman–Crippen LogP) is 2.69. The molecule has 0 saturated carbocycles. The van der Waals surface area contributed by atoms with Crippen LogP contribution in [0.5, 0.6) is 0 Å². The first kappa shape index (κ1) is 15.8. The van der Waals surface area contributed by atoms with E-state index < -0.39 is 18.2 Å². The van der Waals surface area contributed by atoms with Crippen LogP contribution in [-0.2, 0) is 23.8 Å². The van der Waals surface area contributed by atoms with Gasteiger partial charge in [0.1, 0.15) is 5.92 Å². The third kappa shape index (κ3) is 3.75. The Hall–Kier alpha value is -2.56. The lowest BCUT2D eigenvalue weighted by atomic mass is 9.98. The van der Waals surface area contributed by atoms with Crippen molar-refractivity contribution in [1.82, 2.24) is 0 Å². The largest absolute Gasteiger partial charge is 0.468 e. The molecule has 2 atom stereocenters. The minimum absolute atomic E-state index is 0.385. The molecule has 0 saturated heterocycles. The van der Waals surface area contributed by atoms with Crippen LogP contribution in [0.2, 0.25) is 0 Å². The normalized spacial score (nSPS) is 19.2. The van der Waals surface area contributed by atoms with Gasteiger partial charge in [-0.25, -0.2) is 4.79 Å². The van der Waals surface area contributed by atoms with E-state index in [9.17, 15) is 9.59 Å². The second-order valence-electron chi connectivity index (χ2n) is 4.93. The van der Waals surface area contributed by atoms with Crippen LogP contribution in [0.25, 0.3) is 0 Å². The first-order valence-electron chi connectivity index (χ1n) is 6.88. The molecule has 0 aromatic heterocycles. The molecule has 1 heterocycles. The number of carbonyl (C=O) groups excluding carboxylic acids is 2. The van der Waals surface area contributed by atoms with E-state index in [0.29, 0.717) is 11.3 Å². The van der Waals surface area contributed by atoms with Crippen LogP contribution in [-0.4, -0.2) is 25.3 Å². The Morgan fingerprint density at radius 2 is 2.00 bits per heavy atom. The summed E-state index contributed by atoms with van der Waals surface area (Å²) in [4.78, 5) is 23.3. The molecule has 1 aliphatic heterocycles. The number of benzene rings is 1.